The van der Waals surface area contributed by atoms with Crippen LogP contribution < -0.4 is 10.9 Å². The lowest BCUT2D eigenvalue weighted by Gasteiger charge is -2.33. The third-order valence-corrected chi connectivity index (χ3v) is 7.56. The summed E-state index contributed by atoms with van der Waals surface area (Å²) in [5, 5.41) is 3.42. The van der Waals surface area contributed by atoms with Gasteiger partial charge < -0.3 is 10.1 Å². The van der Waals surface area contributed by atoms with Gasteiger partial charge in [0, 0.05) is 10.6 Å². The number of benzene rings is 1. The van der Waals surface area contributed by atoms with Gasteiger partial charge in [-0.3, -0.25) is 14.2 Å². The lowest BCUT2D eigenvalue weighted by atomic mass is 9.72. The molecule has 8 heteroatoms. The number of carbonyl (C=O) groups excluding carboxylic acids is 2. The minimum Gasteiger partial charge on any atom is -0.462 e. The van der Waals surface area contributed by atoms with E-state index in [1.807, 2.05) is 6.92 Å². The second kappa shape index (κ2) is 9.70. The molecule has 3 aromatic rings. The molecule has 0 bridgehead atoms. The van der Waals surface area contributed by atoms with E-state index in [1.54, 1.807) is 35.6 Å². The Kier molecular flexibility index (Phi) is 6.89. The van der Waals surface area contributed by atoms with Crippen molar-refractivity contribution in [1.29, 1.82) is 0 Å². The zero-order valence-corrected chi connectivity index (χ0v) is 21.0. The molecule has 1 atom stereocenters. The summed E-state index contributed by atoms with van der Waals surface area (Å²) in [6.07, 6.45) is 5.07. The Morgan fingerprint density at radius 3 is 2.82 bits per heavy atom. The van der Waals surface area contributed by atoms with E-state index in [9.17, 15) is 14.4 Å². The maximum absolute atomic E-state index is 13.3. The van der Waals surface area contributed by atoms with Crippen LogP contribution >= 0.6 is 11.3 Å². The Hall–Kier alpha value is -3.00. The first-order valence-electron chi connectivity index (χ1n) is 11.7. The summed E-state index contributed by atoms with van der Waals surface area (Å²) in [4.78, 5) is 44.5. The quantitative estimate of drug-likeness (QED) is 0.510. The first-order chi connectivity index (χ1) is 16.2. The highest BCUT2D eigenvalue weighted by Gasteiger charge is 2.31. The molecular formula is C26H31N3O4S. The number of hydrogen-bond acceptors (Lipinski definition) is 6. The van der Waals surface area contributed by atoms with Crippen LogP contribution in [0.1, 0.15) is 61.3 Å². The van der Waals surface area contributed by atoms with Crippen molar-refractivity contribution in [2.75, 3.05) is 11.9 Å². The van der Waals surface area contributed by atoms with E-state index in [1.165, 1.54) is 15.8 Å². The normalized spacial score (nSPS) is 15.7. The van der Waals surface area contributed by atoms with Gasteiger partial charge in [-0.1, -0.05) is 33.8 Å². The minimum atomic E-state index is -0.431. The number of aromatic nitrogens is 2. The molecule has 1 amide bonds. The number of carbonyl (C=O) groups is 2. The average molecular weight is 482 g/mol. The third-order valence-electron chi connectivity index (χ3n) is 6.39. The third kappa shape index (κ3) is 5.06. The summed E-state index contributed by atoms with van der Waals surface area (Å²) in [6, 6.07) is 6.58. The first-order valence-corrected chi connectivity index (χ1v) is 12.6. The van der Waals surface area contributed by atoms with Gasteiger partial charge in [-0.05, 0) is 60.8 Å². The van der Waals surface area contributed by atoms with Crippen molar-refractivity contribution in [3.8, 4) is 0 Å². The topological polar surface area (TPSA) is 90.3 Å². The molecule has 180 valence electrons. The zero-order chi connectivity index (χ0) is 24.5. The fourth-order valence-electron chi connectivity index (χ4n) is 4.41. The fourth-order valence-corrected chi connectivity index (χ4v) is 5.67. The molecule has 0 radical (unpaired) electrons. The number of hydrogen-bond donors (Lipinski definition) is 1. The number of ether oxygens (including phenoxy) is 1. The summed E-state index contributed by atoms with van der Waals surface area (Å²) in [5.41, 5.74) is 1.99. The molecule has 0 saturated carbocycles. The molecule has 1 aromatic carbocycles. The van der Waals surface area contributed by atoms with Crippen molar-refractivity contribution in [3.63, 3.8) is 0 Å². The van der Waals surface area contributed by atoms with Crippen LogP contribution in [-0.4, -0.2) is 28.0 Å². The van der Waals surface area contributed by atoms with Gasteiger partial charge in [-0.25, -0.2) is 9.78 Å². The Balaban J connectivity index is 1.51. The van der Waals surface area contributed by atoms with Crippen molar-refractivity contribution in [3.05, 3.63) is 57.0 Å². The van der Waals surface area contributed by atoms with E-state index in [0.717, 1.165) is 36.1 Å². The Labute approximate surface area is 203 Å². The zero-order valence-electron chi connectivity index (χ0n) is 20.1. The molecule has 0 aliphatic heterocycles. The van der Waals surface area contributed by atoms with E-state index in [0.29, 0.717) is 29.2 Å². The standard InChI is InChI=1S/C26H31N3O4S/c1-5-11-33-25(32)16-7-6-8-18(12-16)28-21(30)14-29-15-27-23-22(24(29)31)19-10-9-17(26(2,3)4)13-20(19)34-23/h6-8,12,15,17H,5,9-11,13-14H2,1-4H3,(H,28,30). The Bertz CT molecular complexity index is 1290. The number of esters is 1. The van der Waals surface area contributed by atoms with Gasteiger partial charge in [0.15, 0.2) is 0 Å². The van der Waals surface area contributed by atoms with Crippen molar-refractivity contribution >= 4 is 39.1 Å². The van der Waals surface area contributed by atoms with Gasteiger partial charge in [0.1, 0.15) is 11.4 Å². The molecule has 0 spiro atoms. The number of thiophene rings is 1. The van der Waals surface area contributed by atoms with Crippen molar-refractivity contribution in [2.45, 2.75) is 59.9 Å². The van der Waals surface area contributed by atoms with E-state index in [-0.39, 0.29) is 23.4 Å². The maximum Gasteiger partial charge on any atom is 0.338 e. The van der Waals surface area contributed by atoms with Crippen LogP contribution in [0, 0.1) is 11.3 Å². The van der Waals surface area contributed by atoms with Crippen LogP contribution in [0.2, 0.25) is 0 Å². The van der Waals surface area contributed by atoms with Crippen LogP contribution in [0.4, 0.5) is 5.69 Å². The number of aryl methyl sites for hydroxylation is 1. The number of rotatable bonds is 6. The van der Waals surface area contributed by atoms with Crippen LogP contribution in [0.25, 0.3) is 10.2 Å². The van der Waals surface area contributed by atoms with Crippen molar-refractivity contribution in [1.82, 2.24) is 9.55 Å². The van der Waals surface area contributed by atoms with Crippen LogP contribution in [0.15, 0.2) is 35.4 Å². The lowest BCUT2D eigenvalue weighted by molar-refractivity contribution is -0.116. The second-order valence-corrected chi connectivity index (χ2v) is 11.0. The summed E-state index contributed by atoms with van der Waals surface area (Å²) >= 11 is 1.60. The first kappa shape index (κ1) is 24.1. The SMILES string of the molecule is CCCOC(=O)c1cccc(NC(=O)Cn2cnc3sc4c(c3c2=O)CCC(C(C)(C)C)C4)c1. The van der Waals surface area contributed by atoms with Crippen molar-refractivity contribution < 1.29 is 14.3 Å². The van der Waals surface area contributed by atoms with Gasteiger partial charge in [-0.15, -0.1) is 11.3 Å². The molecule has 1 aliphatic rings. The minimum absolute atomic E-state index is 0.151. The molecule has 34 heavy (non-hydrogen) atoms. The summed E-state index contributed by atoms with van der Waals surface area (Å²) in [5.74, 6) is -0.213. The van der Waals surface area contributed by atoms with E-state index in [4.69, 9.17) is 4.74 Å². The predicted molar refractivity (Wildman–Crippen MR) is 134 cm³/mol. The second-order valence-electron chi connectivity index (χ2n) is 9.93. The number of anilines is 1. The number of amides is 1. The van der Waals surface area contributed by atoms with E-state index in [2.05, 4.69) is 31.1 Å². The predicted octanol–water partition coefficient (Wildman–Crippen LogP) is 4.81. The van der Waals surface area contributed by atoms with Gasteiger partial charge in [-0.2, -0.15) is 0 Å². The molecule has 1 N–H and O–H groups in total. The summed E-state index contributed by atoms with van der Waals surface area (Å²) in [7, 11) is 0. The highest BCUT2D eigenvalue weighted by atomic mass is 32.1. The molecular weight excluding hydrogens is 450 g/mol. The summed E-state index contributed by atoms with van der Waals surface area (Å²) < 4.78 is 6.51. The van der Waals surface area contributed by atoms with Gasteiger partial charge in [0.25, 0.3) is 5.56 Å². The van der Waals surface area contributed by atoms with E-state index >= 15 is 0 Å². The molecule has 1 aliphatic carbocycles. The monoisotopic (exact) mass is 481 g/mol. The highest BCUT2D eigenvalue weighted by molar-refractivity contribution is 7.18. The van der Waals surface area contributed by atoms with Crippen LogP contribution in [0.3, 0.4) is 0 Å². The molecule has 7 nitrogen and oxygen atoms in total. The van der Waals surface area contributed by atoms with Gasteiger partial charge in [0.05, 0.1) is 23.9 Å². The molecule has 2 heterocycles. The molecule has 4 rings (SSSR count). The molecule has 2 aromatic heterocycles. The average Bonchev–Trinajstić information content (AvgIpc) is 3.17. The van der Waals surface area contributed by atoms with Gasteiger partial charge >= 0.3 is 5.97 Å². The lowest BCUT2D eigenvalue weighted by Crippen LogP contribution is -2.29. The smallest absolute Gasteiger partial charge is 0.338 e. The van der Waals surface area contributed by atoms with Gasteiger partial charge in [0.2, 0.25) is 5.91 Å². The maximum atomic E-state index is 13.3. The highest BCUT2D eigenvalue weighted by Crippen LogP contribution is 2.41. The van der Waals surface area contributed by atoms with E-state index < -0.39 is 5.97 Å². The number of nitrogens with one attached hydrogen (secondary N) is 1. The van der Waals surface area contributed by atoms with Crippen LogP contribution in [0.5, 0.6) is 0 Å². The molecule has 1 unspecified atom stereocenters. The Morgan fingerprint density at radius 2 is 2.09 bits per heavy atom. The van der Waals surface area contributed by atoms with Crippen LogP contribution in [-0.2, 0) is 28.9 Å². The summed E-state index contributed by atoms with van der Waals surface area (Å²) in [6.45, 7) is 8.92. The Morgan fingerprint density at radius 1 is 1.29 bits per heavy atom. The fraction of sp³-hybridized carbons (Fsp3) is 0.462. The molecule has 0 saturated heterocycles. The largest absolute Gasteiger partial charge is 0.462 e. The van der Waals surface area contributed by atoms with Crippen molar-refractivity contribution in [2.24, 2.45) is 11.3 Å². The number of nitrogens with zero attached hydrogens (tertiary/aromatic N) is 2. The molecule has 0 fully saturated rings. The number of fused-ring (bicyclic) bond motifs is 3.